The molecule has 27 heavy (non-hydrogen) atoms. The van der Waals surface area contributed by atoms with Crippen molar-refractivity contribution in [2.24, 2.45) is 10.3 Å². The number of rotatable bonds is 4. The second kappa shape index (κ2) is 8.29. The molecule has 2 heterocycles. The molecule has 0 spiro atoms. The van der Waals surface area contributed by atoms with Crippen molar-refractivity contribution in [2.75, 3.05) is 44.6 Å². The van der Waals surface area contributed by atoms with Gasteiger partial charge in [0.1, 0.15) is 10.7 Å². The van der Waals surface area contributed by atoms with Gasteiger partial charge >= 0.3 is 0 Å². The molecular formula is C20H30N4O2S. The summed E-state index contributed by atoms with van der Waals surface area (Å²) in [6.07, 6.45) is 8.10. The minimum Gasteiger partial charge on any atom is -0.341 e. The van der Waals surface area contributed by atoms with Crippen molar-refractivity contribution in [3.63, 3.8) is 0 Å². The zero-order chi connectivity index (χ0) is 18.7. The molecule has 0 unspecified atom stereocenters. The van der Waals surface area contributed by atoms with Crippen LogP contribution in [0.1, 0.15) is 38.5 Å². The Morgan fingerprint density at radius 3 is 2.56 bits per heavy atom. The van der Waals surface area contributed by atoms with Crippen LogP contribution in [0.25, 0.3) is 0 Å². The molecule has 0 amide bonds. The Morgan fingerprint density at radius 1 is 0.963 bits per heavy atom. The van der Waals surface area contributed by atoms with Crippen LogP contribution in [0, 0.1) is 5.92 Å². The maximum atomic E-state index is 12.4. The zero-order valence-corrected chi connectivity index (χ0v) is 16.8. The first-order chi connectivity index (χ1) is 13.1. The lowest BCUT2D eigenvalue weighted by molar-refractivity contribution is 0.204. The van der Waals surface area contributed by atoms with Crippen LogP contribution in [-0.4, -0.2) is 63.3 Å². The Kier molecular flexibility index (Phi) is 5.80. The number of benzene rings is 1. The van der Waals surface area contributed by atoms with Gasteiger partial charge in [0, 0.05) is 19.6 Å². The summed E-state index contributed by atoms with van der Waals surface area (Å²) in [5.74, 6) is 1.41. The first-order valence-corrected chi connectivity index (χ1v) is 11.7. The van der Waals surface area contributed by atoms with Gasteiger partial charge in [0.05, 0.1) is 12.2 Å². The molecule has 2 fully saturated rings. The normalized spacial score (nSPS) is 24.5. The topological polar surface area (TPSA) is 65.0 Å². The molecular weight excluding hydrogens is 360 g/mol. The summed E-state index contributed by atoms with van der Waals surface area (Å²) in [5.41, 5.74) is 0.635. The highest BCUT2D eigenvalue weighted by Gasteiger charge is 2.26. The summed E-state index contributed by atoms with van der Waals surface area (Å²) in [4.78, 5) is 5.21. The molecule has 0 aromatic heterocycles. The molecule has 1 aromatic carbocycles. The third-order valence-corrected chi connectivity index (χ3v) is 7.34. The number of nitrogens with zero attached hydrogens (tertiary/aromatic N) is 3. The number of hydrogen-bond acceptors (Lipinski definition) is 5. The van der Waals surface area contributed by atoms with E-state index in [-0.39, 0.29) is 4.90 Å². The van der Waals surface area contributed by atoms with Gasteiger partial charge in [-0.3, -0.25) is 4.90 Å². The SMILES string of the molecule is O=S1(=O)N=C(CN2CCCN(CC3CCCCC3)CC2)Nc2ccccc21. The van der Waals surface area contributed by atoms with E-state index in [9.17, 15) is 8.42 Å². The monoisotopic (exact) mass is 390 g/mol. The molecule has 0 radical (unpaired) electrons. The van der Waals surface area contributed by atoms with Gasteiger partial charge in [-0.25, -0.2) is 0 Å². The minimum atomic E-state index is -3.59. The highest BCUT2D eigenvalue weighted by molar-refractivity contribution is 7.90. The first kappa shape index (κ1) is 18.9. The lowest BCUT2D eigenvalue weighted by Crippen LogP contribution is -2.38. The quantitative estimate of drug-likeness (QED) is 0.856. The van der Waals surface area contributed by atoms with Crippen molar-refractivity contribution in [1.82, 2.24) is 9.80 Å². The maximum Gasteiger partial charge on any atom is 0.286 e. The average molecular weight is 391 g/mol. The summed E-state index contributed by atoms with van der Waals surface area (Å²) in [6.45, 7) is 5.96. The molecule has 1 saturated carbocycles. The molecule has 0 atom stereocenters. The number of sulfonamides is 1. The third kappa shape index (κ3) is 4.70. The van der Waals surface area contributed by atoms with Crippen molar-refractivity contribution >= 4 is 21.5 Å². The molecule has 6 nitrogen and oxygen atoms in total. The first-order valence-electron chi connectivity index (χ1n) is 10.2. The van der Waals surface area contributed by atoms with E-state index in [1.807, 2.05) is 6.07 Å². The smallest absolute Gasteiger partial charge is 0.286 e. The van der Waals surface area contributed by atoms with E-state index in [1.165, 1.54) is 38.6 Å². The van der Waals surface area contributed by atoms with Crippen LogP contribution in [0.4, 0.5) is 5.69 Å². The molecule has 0 bridgehead atoms. The van der Waals surface area contributed by atoms with Gasteiger partial charge in [-0.2, -0.15) is 8.42 Å². The third-order valence-electron chi connectivity index (χ3n) is 5.97. The Hall–Kier alpha value is -1.44. The van der Waals surface area contributed by atoms with Crippen molar-refractivity contribution in [3.8, 4) is 0 Å². The molecule has 1 saturated heterocycles. The van der Waals surface area contributed by atoms with E-state index < -0.39 is 10.0 Å². The summed E-state index contributed by atoms with van der Waals surface area (Å²) in [6, 6.07) is 6.98. The van der Waals surface area contributed by atoms with E-state index in [4.69, 9.17) is 0 Å². The molecule has 3 aliphatic rings. The average Bonchev–Trinajstić information content (AvgIpc) is 2.87. The van der Waals surface area contributed by atoms with Gasteiger partial charge in [-0.1, -0.05) is 31.4 Å². The summed E-state index contributed by atoms with van der Waals surface area (Å²) in [7, 11) is -3.59. The number of anilines is 1. The van der Waals surface area contributed by atoms with Crippen molar-refractivity contribution in [1.29, 1.82) is 0 Å². The summed E-state index contributed by atoms with van der Waals surface area (Å²) in [5, 5.41) is 3.21. The van der Waals surface area contributed by atoms with Gasteiger partial charge in [-0.05, 0) is 50.4 Å². The van der Waals surface area contributed by atoms with Crippen molar-refractivity contribution in [3.05, 3.63) is 24.3 Å². The Bertz CT molecular complexity index is 787. The van der Waals surface area contributed by atoms with Gasteiger partial charge in [-0.15, -0.1) is 4.40 Å². The van der Waals surface area contributed by atoms with Crippen LogP contribution in [0.5, 0.6) is 0 Å². The number of nitrogens with one attached hydrogen (secondary N) is 1. The van der Waals surface area contributed by atoms with Gasteiger partial charge < -0.3 is 10.2 Å². The highest BCUT2D eigenvalue weighted by atomic mass is 32.2. The largest absolute Gasteiger partial charge is 0.341 e. The molecule has 148 valence electrons. The lowest BCUT2D eigenvalue weighted by atomic mass is 9.89. The van der Waals surface area contributed by atoms with Crippen LogP contribution in [-0.2, 0) is 10.0 Å². The molecule has 1 aliphatic carbocycles. The van der Waals surface area contributed by atoms with E-state index in [0.29, 0.717) is 18.1 Å². The molecule has 1 aromatic rings. The summed E-state index contributed by atoms with van der Waals surface area (Å²) >= 11 is 0. The summed E-state index contributed by atoms with van der Waals surface area (Å²) < 4.78 is 28.8. The number of para-hydroxylation sites is 1. The Balaban J connectivity index is 1.34. The fourth-order valence-electron chi connectivity index (χ4n) is 4.55. The highest BCUT2D eigenvalue weighted by Crippen LogP contribution is 2.27. The van der Waals surface area contributed by atoms with Crippen LogP contribution in [0.15, 0.2) is 33.6 Å². The van der Waals surface area contributed by atoms with Crippen LogP contribution >= 0.6 is 0 Å². The minimum absolute atomic E-state index is 0.267. The maximum absolute atomic E-state index is 12.4. The van der Waals surface area contributed by atoms with E-state index in [2.05, 4.69) is 19.5 Å². The second-order valence-electron chi connectivity index (χ2n) is 8.07. The van der Waals surface area contributed by atoms with E-state index >= 15 is 0 Å². The fourth-order valence-corrected chi connectivity index (χ4v) is 5.69. The lowest BCUT2D eigenvalue weighted by Gasteiger charge is -2.29. The standard InChI is InChI=1S/C20H30N4O2S/c25-27(26)19-10-5-4-9-18(19)21-20(22-27)16-24-12-6-11-23(13-14-24)15-17-7-2-1-3-8-17/h4-5,9-10,17H,1-3,6-8,11-16H2,(H,21,22). The molecule has 7 heteroatoms. The van der Waals surface area contributed by atoms with Gasteiger partial charge in [0.25, 0.3) is 10.0 Å². The second-order valence-corrected chi connectivity index (χ2v) is 9.64. The van der Waals surface area contributed by atoms with E-state index in [1.54, 1.807) is 18.2 Å². The van der Waals surface area contributed by atoms with E-state index in [0.717, 1.165) is 38.5 Å². The predicted octanol–water partition coefficient (Wildman–Crippen LogP) is 2.79. The number of fused-ring (bicyclic) bond motifs is 1. The number of hydrogen-bond donors (Lipinski definition) is 1. The van der Waals surface area contributed by atoms with Gasteiger partial charge in [0.15, 0.2) is 0 Å². The zero-order valence-electron chi connectivity index (χ0n) is 15.9. The molecule has 4 rings (SSSR count). The van der Waals surface area contributed by atoms with Crippen molar-refractivity contribution in [2.45, 2.75) is 43.4 Å². The Labute approximate surface area is 162 Å². The van der Waals surface area contributed by atoms with Crippen LogP contribution in [0.3, 0.4) is 0 Å². The molecule has 2 aliphatic heterocycles. The number of amidine groups is 1. The van der Waals surface area contributed by atoms with Gasteiger partial charge in [0.2, 0.25) is 0 Å². The molecule has 1 N–H and O–H groups in total. The van der Waals surface area contributed by atoms with Crippen LogP contribution in [0.2, 0.25) is 0 Å². The Morgan fingerprint density at radius 2 is 1.70 bits per heavy atom. The predicted molar refractivity (Wildman–Crippen MR) is 109 cm³/mol. The fraction of sp³-hybridized carbons (Fsp3) is 0.650. The van der Waals surface area contributed by atoms with Crippen LogP contribution < -0.4 is 5.32 Å². The van der Waals surface area contributed by atoms with Crippen molar-refractivity contribution < 1.29 is 8.42 Å².